The first kappa shape index (κ1) is 12.3. The standard InChI is InChI=1S/C16H20N2O2/c1-14-10-20-16(8-11(14)5-6-15(14,16)2)13(19)18-12-4-3-7-17-9-12/h3-4,7,9,11H,5-6,8,10H2,1-2H3,(H,18,19)/t11-,14+,15-,16+/m1/s1. The predicted molar refractivity (Wildman–Crippen MR) is 75.1 cm³/mol. The highest BCUT2D eigenvalue weighted by Gasteiger charge is 2.78. The van der Waals surface area contributed by atoms with Crippen LogP contribution in [0.3, 0.4) is 0 Å². The number of nitrogens with zero attached hydrogens (tertiary/aromatic N) is 1. The van der Waals surface area contributed by atoms with Gasteiger partial charge in [-0.05, 0) is 37.3 Å². The van der Waals surface area contributed by atoms with Crippen LogP contribution >= 0.6 is 0 Å². The summed E-state index contributed by atoms with van der Waals surface area (Å²) < 4.78 is 6.08. The first-order valence-electron chi connectivity index (χ1n) is 7.37. The van der Waals surface area contributed by atoms with Crippen molar-refractivity contribution in [2.75, 3.05) is 11.9 Å². The van der Waals surface area contributed by atoms with Crippen molar-refractivity contribution in [3.8, 4) is 0 Å². The fourth-order valence-electron chi connectivity index (χ4n) is 4.93. The molecule has 106 valence electrons. The molecule has 3 fully saturated rings. The van der Waals surface area contributed by atoms with Gasteiger partial charge in [-0.25, -0.2) is 0 Å². The Hall–Kier alpha value is -1.42. The summed E-state index contributed by atoms with van der Waals surface area (Å²) in [5, 5.41) is 3.00. The molecule has 1 amide bonds. The first-order chi connectivity index (χ1) is 9.52. The zero-order valence-electron chi connectivity index (χ0n) is 12.0. The van der Waals surface area contributed by atoms with Gasteiger partial charge in [0.25, 0.3) is 5.91 Å². The van der Waals surface area contributed by atoms with Gasteiger partial charge < -0.3 is 10.1 Å². The third-order valence-electron chi connectivity index (χ3n) is 6.48. The Labute approximate surface area is 118 Å². The van der Waals surface area contributed by atoms with Gasteiger partial charge in [0.15, 0.2) is 5.60 Å². The molecule has 4 atom stereocenters. The van der Waals surface area contributed by atoms with Crippen molar-refractivity contribution in [3.63, 3.8) is 0 Å². The smallest absolute Gasteiger partial charge is 0.257 e. The molecule has 1 N–H and O–H groups in total. The molecule has 4 rings (SSSR count). The van der Waals surface area contributed by atoms with Crippen LogP contribution in [0.4, 0.5) is 5.69 Å². The summed E-state index contributed by atoms with van der Waals surface area (Å²) in [6.07, 6.45) is 6.58. The number of hydrogen-bond acceptors (Lipinski definition) is 3. The van der Waals surface area contributed by atoms with E-state index in [-0.39, 0.29) is 16.7 Å². The fraction of sp³-hybridized carbons (Fsp3) is 0.625. The molecule has 2 aliphatic carbocycles. The van der Waals surface area contributed by atoms with Crippen molar-refractivity contribution in [1.82, 2.24) is 4.98 Å². The van der Waals surface area contributed by atoms with Gasteiger partial charge in [-0.3, -0.25) is 9.78 Å². The van der Waals surface area contributed by atoms with Crippen LogP contribution in [0.1, 0.15) is 33.1 Å². The number of rotatable bonds is 2. The summed E-state index contributed by atoms with van der Waals surface area (Å²) in [6.45, 7) is 5.27. The Morgan fingerprint density at radius 1 is 1.50 bits per heavy atom. The number of aromatic nitrogens is 1. The SMILES string of the molecule is C[C@]12CC[C@@H]3C[C@@]1(C(=O)Nc1cccnc1)OC[C@@]32C. The zero-order valence-corrected chi connectivity index (χ0v) is 12.0. The van der Waals surface area contributed by atoms with E-state index in [9.17, 15) is 4.79 Å². The molecule has 0 radical (unpaired) electrons. The number of pyridine rings is 1. The fourth-order valence-corrected chi connectivity index (χ4v) is 4.93. The molecule has 2 saturated carbocycles. The number of amides is 1. The monoisotopic (exact) mass is 272 g/mol. The second kappa shape index (κ2) is 3.61. The van der Waals surface area contributed by atoms with Gasteiger partial charge in [-0.1, -0.05) is 13.8 Å². The van der Waals surface area contributed by atoms with Crippen molar-refractivity contribution in [3.05, 3.63) is 24.5 Å². The molecule has 1 aromatic rings. The third-order valence-corrected chi connectivity index (χ3v) is 6.48. The lowest BCUT2D eigenvalue weighted by Crippen LogP contribution is -2.52. The Morgan fingerprint density at radius 3 is 3.00 bits per heavy atom. The van der Waals surface area contributed by atoms with Gasteiger partial charge >= 0.3 is 0 Å². The first-order valence-corrected chi connectivity index (χ1v) is 7.37. The van der Waals surface area contributed by atoms with E-state index in [2.05, 4.69) is 24.1 Å². The van der Waals surface area contributed by atoms with Crippen molar-refractivity contribution < 1.29 is 9.53 Å². The minimum Gasteiger partial charge on any atom is -0.364 e. The summed E-state index contributed by atoms with van der Waals surface area (Å²) in [4.78, 5) is 16.9. The van der Waals surface area contributed by atoms with Crippen molar-refractivity contribution >= 4 is 11.6 Å². The number of carbonyl (C=O) groups is 1. The van der Waals surface area contributed by atoms with Gasteiger partial charge in [0.05, 0.1) is 18.5 Å². The van der Waals surface area contributed by atoms with E-state index < -0.39 is 5.60 Å². The van der Waals surface area contributed by atoms with Crippen molar-refractivity contribution in [2.45, 2.75) is 38.7 Å². The Morgan fingerprint density at radius 2 is 2.35 bits per heavy atom. The lowest BCUT2D eigenvalue weighted by molar-refractivity contribution is -0.149. The summed E-state index contributed by atoms with van der Waals surface area (Å²) in [5.74, 6) is 0.639. The Kier molecular flexibility index (Phi) is 2.23. The summed E-state index contributed by atoms with van der Waals surface area (Å²) in [7, 11) is 0. The molecule has 3 aliphatic rings. The molecule has 1 aromatic heterocycles. The average molecular weight is 272 g/mol. The van der Waals surface area contributed by atoms with Crippen LogP contribution in [-0.2, 0) is 9.53 Å². The minimum atomic E-state index is -0.638. The molecule has 20 heavy (non-hydrogen) atoms. The largest absolute Gasteiger partial charge is 0.364 e. The van der Waals surface area contributed by atoms with Crippen LogP contribution in [0.5, 0.6) is 0 Å². The number of nitrogens with one attached hydrogen (secondary N) is 1. The maximum Gasteiger partial charge on any atom is 0.257 e. The van der Waals surface area contributed by atoms with E-state index in [1.54, 1.807) is 12.4 Å². The van der Waals surface area contributed by atoms with E-state index in [1.807, 2.05) is 12.1 Å². The second-order valence-corrected chi connectivity index (χ2v) is 7.00. The lowest BCUT2D eigenvalue weighted by Gasteiger charge is -2.39. The molecule has 4 nitrogen and oxygen atoms in total. The molecular weight excluding hydrogens is 252 g/mol. The third kappa shape index (κ3) is 1.17. The highest BCUT2D eigenvalue weighted by molar-refractivity contribution is 5.99. The van der Waals surface area contributed by atoms with Gasteiger partial charge in [-0.2, -0.15) is 0 Å². The number of carbonyl (C=O) groups excluding carboxylic acids is 1. The van der Waals surface area contributed by atoms with Gasteiger partial charge in [0.1, 0.15) is 0 Å². The van der Waals surface area contributed by atoms with Crippen LogP contribution in [0, 0.1) is 16.7 Å². The van der Waals surface area contributed by atoms with Crippen LogP contribution in [0.2, 0.25) is 0 Å². The number of hydrogen-bond donors (Lipinski definition) is 1. The molecule has 0 unspecified atom stereocenters. The summed E-state index contributed by atoms with van der Waals surface area (Å²) in [5.41, 5.74) is 0.243. The van der Waals surface area contributed by atoms with E-state index in [0.717, 1.165) is 18.5 Å². The topological polar surface area (TPSA) is 51.2 Å². The maximum absolute atomic E-state index is 12.9. The van der Waals surface area contributed by atoms with Crippen LogP contribution in [0.25, 0.3) is 0 Å². The molecule has 4 bridgehead atoms. The van der Waals surface area contributed by atoms with E-state index >= 15 is 0 Å². The van der Waals surface area contributed by atoms with Crippen LogP contribution in [0.15, 0.2) is 24.5 Å². The molecule has 2 heterocycles. The highest BCUT2D eigenvalue weighted by atomic mass is 16.5. The van der Waals surface area contributed by atoms with Crippen LogP contribution < -0.4 is 5.32 Å². The van der Waals surface area contributed by atoms with Gasteiger partial charge in [0.2, 0.25) is 0 Å². The minimum absolute atomic E-state index is 0.0129. The molecule has 4 heteroatoms. The maximum atomic E-state index is 12.9. The molecule has 0 spiro atoms. The predicted octanol–water partition coefficient (Wildman–Crippen LogP) is 2.62. The molecule has 0 aromatic carbocycles. The Balaban J connectivity index is 1.68. The summed E-state index contributed by atoms with van der Waals surface area (Å²) in [6, 6.07) is 3.70. The quantitative estimate of drug-likeness (QED) is 0.900. The second-order valence-electron chi connectivity index (χ2n) is 7.00. The van der Waals surface area contributed by atoms with Crippen LogP contribution in [-0.4, -0.2) is 23.1 Å². The van der Waals surface area contributed by atoms with Crippen molar-refractivity contribution in [1.29, 1.82) is 0 Å². The lowest BCUT2D eigenvalue weighted by atomic mass is 9.66. The van der Waals surface area contributed by atoms with E-state index in [0.29, 0.717) is 12.5 Å². The van der Waals surface area contributed by atoms with Crippen molar-refractivity contribution in [2.24, 2.45) is 16.7 Å². The Bertz CT molecular complexity index is 575. The summed E-state index contributed by atoms with van der Waals surface area (Å²) >= 11 is 0. The zero-order chi connectivity index (χ0) is 14.0. The van der Waals surface area contributed by atoms with Gasteiger partial charge in [0, 0.05) is 17.0 Å². The van der Waals surface area contributed by atoms with Gasteiger partial charge in [-0.15, -0.1) is 0 Å². The van der Waals surface area contributed by atoms with E-state index in [1.165, 1.54) is 6.42 Å². The highest BCUT2D eigenvalue weighted by Crippen LogP contribution is 2.75. The number of anilines is 1. The average Bonchev–Trinajstić information content (AvgIpc) is 2.92. The molecular formula is C16H20N2O2. The molecule has 1 saturated heterocycles. The number of ether oxygens (including phenoxy) is 1. The van der Waals surface area contributed by atoms with E-state index in [4.69, 9.17) is 4.74 Å². The normalized spacial score (nSPS) is 44.8. The molecule has 1 aliphatic heterocycles.